The first-order chi connectivity index (χ1) is 1.41. The van der Waals surface area contributed by atoms with Crippen LogP contribution in [0, 0.1) is 0 Å². The van der Waals surface area contributed by atoms with E-state index >= 15 is 0 Å². The molecule has 0 aliphatic heterocycles. The van der Waals surface area contributed by atoms with E-state index in [2.05, 4.69) is 0 Å². The van der Waals surface area contributed by atoms with Gasteiger partial charge in [-0.2, -0.15) is 0 Å². The molecule has 0 bridgehead atoms. The minimum absolute atomic E-state index is 0. The topological polar surface area (TPSA) is 34.1 Å². The molecule has 0 aliphatic rings. The number of hydrogen-bond acceptors (Lipinski definition) is 3. The van der Waals surface area contributed by atoms with Crippen LogP contribution in [0.3, 0.4) is 0 Å². The molecular formula is HO2PbS-. The van der Waals surface area contributed by atoms with Crippen molar-refractivity contribution in [3.63, 3.8) is 0 Å². The van der Waals surface area contributed by atoms with Gasteiger partial charge >= 0.3 is 0 Å². The molecule has 0 saturated heterocycles. The number of thiol groups is 1. The van der Waals surface area contributed by atoms with Gasteiger partial charge in [-0.15, -0.1) is 0 Å². The van der Waals surface area contributed by atoms with Gasteiger partial charge in [0.05, 0.1) is 0 Å². The van der Waals surface area contributed by atoms with Crippen molar-refractivity contribution in [1.82, 2.24) is 0 Å². The minimum Gasteiger partial charge on any atom is -0.427 e. The third kappa shape index (κ3) is 13.2. The van der Waals surface area contributed by atoms with Gasteiger partial charge in [-0.1, -0.05) is 11.6 Å². The molecule has 0 rings (SSSR count). The van der Waals surface area contributed by atoms with E-state index in [1.807, 2.05) is 0 Å². The molecule has 4 radical (unpaired) electrons. The average molecular weight is 272 g/mol. The molecule has 0 aromatic carbocycles. The van der Waals surface area contributed by atoms with Gasteiger partial charge < -0.3 is 8.42 Å². The van der Waals surface area contributed by atoms with Crippen LogP contribution >= 0.6 is 0 Å². The van der Waals surface area contributed by atoms with Crippen molar-refractivity contribution >= 4 is 38.9 Å². The first-order valence-corrected chi connectivity index (χ1v) is 1.10. The van der Waals surface area contributed by atoms with Crippen LogP contribution in [-0.4, -0.2) is 27.3 Å². The second-order valence-corrected chi connectivity index (χ2v) is 0.224. The Morgan fingerprint density at radius 1 is 1.25 bits per heavy atom. The Morgan fingerprint density at radius 3 is 1.25 bits per heavy atom. The van der Waals surface area contributed by atoms with Gasteiger partial charge in [0.1, 0.15) is 0 Å². The van der Waals surface area contributed by atoms with E-state index in [9.17, 15) is 0 Å². The molecular weight excluding hydrogens is 271 g/mol. The molecule has 0 atom stereocenters. The SMILES string of the molecule is O=[SH-]=O.[Pb]. The van der Waals surface area contributed by atoms with Crippen molar-refractivity contribution in [3.05, 3.63) is 0 Å². The first-order valence-electron chi connectivity index (χ1n) is 0.365. The quantitative estimate of drug-likeness (QED) is 0.326. The Kier molecular flexibility index (Phi) is 20.2. The standard InChI is InChI=1S/HO2S.Pb/c1-3-2;/h3H;/q-1;. The molecule has 4 heavy (non-hydrogen) atoms. The van der Waals surface area contributed by atoms with E-state index in [0.29, 0.717) is 0 Å². The van der Waals surface area contributed by atoms with Crippen molar-refractivity contribution in [2.45, 2.75) is 0 Å². The summed E-state index contributed by atoms with van der Waals surface area (Å²) in [4.78, 5) is 0. The van der Waals surface area contributed by atoms with Gasteiger partial charge in [0.2, 0.25) is 0 Å². The molecule has 0 heterocycles. The maximum Gasteiger partial charge on any atom is 0 e. The molecule has 0 amide bonds. The Labute approximate surface area is 47.3 Å². The van der Waals surface area contributed by atoms with E-state index in [-0.39, 0.29) is 27.3 Å². The fraction of sp³-hybridized carbons (Fsp3) is 0. The van der Waals surface area contributed by atoms with E-state index in [1.54, 1.807) is 0 Å². The van der Waals surface area contributed by atoms with Crippen molar-refractivity contribution in [3.8, 4) is 0 Å². The third-order valence-electron chi connectivity index (χ3n) is 0. The molecule has 0 fully saturated rings. The zero-order valence-electron chi connectivity index (χ0n) is 1.76. The van der Waals surface area contributed by atoms with E-state index in [1.165, 1.54) is 0 Å². The van der Waals surface area contributed by atoms with Crippen molar-refractivity contribution in [2.24, 2.45) is 0 Å². The summed E-state index contributed by atoms with van der Waals surface area (Å²) >= 11 is -1.08. The zero-order chi connectivity index (χ0) is 2.71. The van der Waals surface area contributed by atoms with Crippen LogP contribution in [0.25, 0.3) is 0 Å². The van der Waals surface area contributed by atoms with Gasteiger partial charge in [-0.05, 0) is 0 Å². The summed E-state index contributed by atoms with van der Waals surface area (Å²) in [5.41, 5.74) is 0. The normalized spacial score (nSPS) is 4.00. The first kappa shape index (κ1) is 8.86. The fourth-order valence-corrected chi connectivity index (χ4v) is 0. The van der Waals surface area contributed by atoms with Crippen LogP contribution in [-0.2, 0) is 20.0 Å². The summed E-state index contributed by atoms with van der Waals surface area (Å²) in [5.74, 6) is 0. The largest absolute Gasteiger partial charge is 0.427 e. The van der Waals surface area contributed by atoms with Crippen LogP contribution < -0.4 is 0 Å². The Morgan fingerprint density at radius 2 is 1.25 bits per heavy atom. The second kappa shape index (κ2) is 9.11. The number of hydrogen-bond donors (Lipinski definition) is 0. The molecule has 0 aromatic heterocycles. The molecule has 4 heteroatoms. The minimum atomic E-state index is -1.08. The van der Waals surface area contributed by atoms with Crippen molar-refractivity contribution in [2.75, 3.05) is 0 Å². The van der Waals surface area contributed by atoms with Crippen molar-refractivity contribution in [1.29, 1.82) is 0 Å². The molecule has 0 spiro atoms. The number of rotatable bonds is 0. The summed E-state index contributed by atoms with van der Waals surface area (Å²) in [7, 11) is 0. The Hall–Kier alpha value is 0.872. The second-order valence-electron chi connectivity index (χ2n) is 0.0745. The third-order valence-corrected chi connectivity index (χ3v) is 0. The van der Waals surface area contributed by atoms with Gasteiger partial charge in [-0.3, -0.25) is 0 Å². The van der Waals surface area contributed by atoms with Gasteiger partial charge in [-0.25, -0.2) is 0 Å². The summed E-state index contributed by atoms with van der Waals surface area (Å²) in [6.07, 6.45) is 0. The monoisotopic (exact) mass is 273 g/mol. The van der Waals surface area contributed by atoms with E-state index < -0.39 is 11.6 Å². The van der Waals surface area contributed by atoms with E-state index in [4.69, 9.17) is 8.42 Å². The molecule has 0 unspecified atom stereocenters. The van der Waals surface area contributed by atoms with Gasteiger partial charge in [0.25, 0.3) is 0 Å². The predicted molar refractivity (Wildman–Crippen MR) is 15.9 cm³/mol. The molecule has 0 aliphatic carbocycles. The Balaban J connectivity index is 0. The molecule has 0 N–H and O–H groups in total. The smallest absolute Gasteiger partial charge is 0 e. The van der Waals surface area contributed by atoms with Gasteiger partial charge in [0, 0.05) is 27.3 Å². The van der Waals surface area contributed by atoms with Gasteiger partial charge in [0.15, 0.2) is 0 Å². The van der Waals surface area contributed by atoms with E-state index in [0.717, 1.165) is 0 Å². The molecule has 0 aromatic rings. The summed E-state index contributed by atoms with van der Waals surface area (Å²) in [5, 5.41) is 0. The predicted octanol–water partition coefficient (Wildman–Crippen LogP) is -0.889. The molecule has 24 valence electrons. The fourth-order valence-electron chi connectivity index (χ4n) is 0. The van der Waals surface area contributed by atoms with Crippen LogP contribution in [0.15, 0.2) is 0 Å². The van der Waals surface area contributed by atoms with Crippen LogP contribution in [0.5, 0.6) is 0 Å². The Bertz CT molecular complexity index is 27.0. The van der Waals surface area contributed by atoms with Crippen LogP contribution in [0.2, 0.25) is 0 Å². The van der Waals surface area contributed by atoms with Crippen LogP contribution in [0.1, 0.15) is 0 Å². The van der Waals surface area contributed by atoms with Crippen LogP contribution in [0.4, 0.5) is 0 Å². The molecule has 0 saturated carbocycles. The maximum atomic E-state index is 8.35. The van der Waals surface area contributed by atoms with Crippen molar-refractivity contribution < 1.29 is 8.42 Å². The maximum absolute atomic E-state index is 8.35. The summed E-state index contributed by atoms with van der Waals surface area (Å²) < 4.78 is 16.7. The average Bonchev–Trinajstić information content (AvgIpc) is 0.918. The molecule has 2 nitrogen and oxygen atoms in total. The zero-order valence-corrected chi connectivity index (χ0v) is 6.55. The summed E-state index contributed by atoms with van der Waals surface area (Å²) in [6.45, 7) is 0. The summed E-state index contributed by atoms with van der Waals surface area (Å²) in [6, 6.07) is 0.